The maximum absolute atomic E-state index is 14.3. The zero-order valence-electron chi connectivity index (χ0n) is 18.7. The predicted octanol–water partition coefficient (Wildman–Crippen LogP) is 6.06. The normalized spacial score (nSPS) is 11.0. The number of unbranched alkanes of at least 4 members (excludes halogenated alkanes) is 1. The number of alkyl halides is 3. The van der Waals surface area contributed by atoms with Crippen LogP contribution >= 0.6 is 0 Å². The predicted molar refractivity (Wildman–Crippen MR) is 117 cm³/mol. The molecule has 0 unspecified atom stereocenters. The molecule has 1 heterocycles. The van der Waals surface area contributed by atoms with Gasteiger partial charge in [-0.25, -0.2) is 18.6 Å². The van der Waals surface area contributed by atoms with Crippen LogP contribution in [0.3, 0.4) is 0 Å². The highest BCUT2D eigenvalue weighted by Gasteiger charge is 2.38. The number of halogens is 5. The number of benzene rings is 2. The van der Waals surface area contributed by atoms with Crippen molar-refractivity contribution in [1.29, 1.82) is 0 Å². The van der Waals surface area contributed by atoms with E-state index in [1.54, 1.807) is 13.4 Å². The van der Waals surface area contributed by atoms with Gasteiger partial charge in [-0.05, 0) is 43.0 Å². The fourth-order valence-corrected chi connectivity index (χ4v) is 3.26. The van der Waals surface area contributed by atoms with Gasteiger partial charge in [-0.3, -0.25) is 0 Å². The van der Waals surface area contributed by atoms with Crippen molar-refractivity contribution in [1.82, 2.24) is 9.55 Å². The Labute approximate surface area is 193 Å². The number of carboxylic acid groups (broad SMARTS) is 1. The molecule has 0 saturated heterocycles. The van der Waals surface area contributed by atoms with E-state index in [2.05, 4.69) is 16.5 Å². The third-order valence-electron chi connectivity index (χ3n) is 4.96. The zero-order valence-corrected chi connectivity index (χ0v) is 18.7. The van der Waals surface area contributed by atoms with Crippen LogP contribution in [0.25, 0.3) is 11.3 Å². The number of hydrogen-bond donors (Lipinski definition) is 1. The molecule has 0 atom stereocenters. The summed E-state index contributed by atoms with van der Waals surface area (Å²) in [6.45, 7) is 2.84. The van der Waals surface area contributed by atoms with Crippen LogP contribution < -0.4 is 4.74 Å². The van der Waals surface area contributed by atoms with Crippen molar-refractivity contribution in [3.05, 3.63) is 71.7 Å². The lowest BCUT2D eigenvalue weighted by Crippen LogP contribution is -2.21. The summed E-state index contributed by atoms with van der Waals surface area (Å²) in [7, 11) is 1.66. The molecule has 1 aromatic heterocycles. The summed E-state index contributed by atoms with van der Waals surface area (Å²) in [5.41, 5.74) is 3.04. The number of nitrogens with zero attached hydrogens (tertiary/aromatic N) is 2. The molecule has 1 N–H and O–H groups in total. The molecule has 0 fully saturated rings. The summed E-state index contributed by atoms with van der Waals surface area (Å²) in [5, 5.41) is 7.12. The molecule has 0 bridgehead atoms. The highest BCUT2D eigenvalue weighted by Crippen LogP contribution is 2.28. The number of imidazole rings is 1. The van der Waals surface area contributed by atoms with Crippen LogP contribution in [-0.2, 0) is 24.2 Å². The second-order valence-electron chi connectivity index (χ2n) is 7.33. The van der Waals surface area contributed by atoms with Gasteiger partial charge in [0.1, 0.15) is 17.4 Å². The Bertz CT molecular complexity index is 1100. The molecular weight excluding hydrogens is 459 g/mol. The standard InChI is InChI=1S/C22H24F2N2O.C2HF3O2/c1-3-4-8-20-22(18-11-10-17(23)14-19(18)24)25-15-26(20)13-12-16-7-5-6-9-21(16)27-2;3-2(4,5)1(6)7/h5-7,9-11,14-15H,3-4,8,12-13H2,1-2H3;(H,6,7). The van der Waals surface area contributed by atoms with Crippen molar-refractivity contribution in [2.45, 2.75) is 45.3 Å². The van der Waals surface area contributed by atoms with E-state index < -0.39 is 23.8 Å². The number of methoxy groups -OCH3 is 1. The van der Waals surface area contributed by atoms with Gasteiger partial charge in [-0.15, -0.1) is 0 Å². The van der Waals surface area contributed by atoms with Crippen LogP contribution in [0.1, 0.15) is 31.0 Å². The minimum Gasteiger partial charge on any atom is -0.496 e. The van der Waals surface area contributed by atoms with Gasteiger partial charge in [-0.2, -0.15) is 13.2 Å². The van der Waals surface area contributed by atoms with Crippen LogP contribution in [0.5, 0.6) is 5.75 Å². The van der Waals surface area contributed by atoms with E-state index in [9.17, 15) is 22.0 Å². The van der Waals surface area contributed by atoms with E-state index in [0.29, 0.717) is 11.3 Å². The Balaban J connectivity index is 0.000000509. The molecule has 10 heteroatoms. The number of hydrogen-bond acceptors (Lipinski definition) is 3. The molecule has 3 aromatic rings. The van der Waals surface area contributed by atoms with E-state index in [1.165, 1.54) is 12.1 Å². The van der Waals surface area contributed by atoms with Crippen molar-refractivity contribution in [2.75, 3.05) is 7.11 Å². The Morgan fingerprint density at radius 2 is 1.79 bits per heavy atom. The maximum Gasteiger partial charge on any atom is 0.490 e. The topological polar surface area (TPSA) is 64.4 Å². The number of para-hydroxylation sites is 1. The van der Waals surface area contributed by atoms with Crippen molar-refractivity contribution in [3.8, 4) is 17.0 Å². The summed E-state index contributed by atoms with van der Waals surface area (Å²) < 4.78 is 66.8. The molecule has 0 spiro atoms. The average molecular weight is 484 g/mol. The van der Waals surface area contributed by atoms with E-state index in [-0.39, 0.29) is 0 Å². The molecule has 5 nitrogen and oxygen atoms in total. The van der Waals surface area contributed by atoms with E-state index in [4.69, 9.17) is 14.6 Å². The monoisotopic (exact) mass is 484 g/mol. The van der Waals surface area contributed by atoms with Gasteiger partial charge in [-0.1, -0.05) is 31.5 Å². The summed E-state index contributed by atoms with van der Waals surface area (Å²) >= 11 is 0. The molecule has 2 aromatic carbocycles. The smallest absolute Gasteiger partial charge is 0.490 e. The fraction of sp³-hybridized carbons (Fsp3) is 0.333. The first-order valence-corrected chi connectivity index (χ1v) is 10.5. The first kappa shape index (κ1) is 26.8. The first-order valence-electron chi connectivity index (χ1n) is 10.5. The van der Waals surface area contributed by atoms with Crippen molar-refractivity contribution >= 4 is 5.97 Å². The molecule has 34 heavy (non-hydrogen) atoms. The quantitative estimate of drug-likeness (QED) is 0.395. The van der Waals surface area contributed by atoms with Crippen LogP contribution in [0, 0.1) is 11.6 Å². The highest BCUT2D eigenvalue weighted by atomic mass is 19.4. The van der Waals surface area contributed by atoms with Gasteiger partial charge in [0, 0.05) is 23.9 Å². The summed E-state index contributed by atoms with van der Waals surface area (Å²) in [5.74, 6) is -3.06. The molecule has 0 saturated carbocycles. The lowest BCUT2D eigenvalue weighted by molar-refractivity contribution is -0.192. The van der Waals surface area contributed by atoms with Crippen LogP contribution in [0.15, 0.2) is 48.8 Å². The lowest BCUT2D eigenvalue weighted by atomic mass is 10.1. The van der Waals surface area contributed by atoms with Gasteiger partial charge >= 0.3 is 12.1 Å². The zero-order chi connectivity index (χ0) is 25.3. The third kappa shape index (κ3) is 7.29. The second-order valence-corrected chi connectivity index (χ2v) is 7.33. The number of aliphatic carboxylic acids is 1. The molecule has 0 radical (unpaired) electrons. The second kappa shape index (κ2) is 12.2. The summed E-state index contributed by atoms with van der Waals surface area (Å²) in [6, 6.07) is 11.6. The van der Waals surface area contributed by atoms with Crippen molar-refractivity contribution < 1.29 is 36.6 Å². The Hall–Kier alpha value is -3.43. The van der Waals surface area contributed by atoms with Crippen LogP contribution in [0.2, 0.25) is 0 Å². The fourth-order valence-electron chi connectivity index (χ4n) is 3.26. The van der Waals surface area contributed by atoms with E-state index >= 15 is 0 Å². The molecule has 3 rings (SSSR count). The van der Waals surface area contributed by atoms with Crippen molar-refractivity contribution in [3.63, 3.8) is 0 Å². The largest absolute Gasteiger partial charge is 0.496 e. The Morgan fingerprint density at radius 1 is 1.12 bits per heavy atom. The molecule has 0 amide bonds. The number of ether oxygens (including phenoxy) is 1. The van der Waals surface area contributed by atoms with E-state index in [1.807, 2.05) is 24.3 Å². The first-order chi connectivity index (χ1) is 16.1. The van der Waals surface area contributed by atoms with Gasteiger partial charge in [0.25, 0.3) is 0 Å². The molecule has 184 valence electrons. The third-order valence-corrected chi connectivity index (χ3v) is 4.96. The average Bonchev–Trinajstić information content (AvgIpc) is 3.18. The number of aryl methyl sites for hydroxylation is 2. The minimum atomic E-state index is -5.08. The van der Waals surface area contributed by atoms with E-state index in [0.717, 1.165) is 55.3 Å². The van der Waals surface area contributed by atoms with Crippen LogP contribution in [-0.4, -0.2) is 33.9 Å². The summed E-state index contributed by atoms with van der Waals surface area (Å²) in [4.78, 5) is 13.3. The number of rotatable bonds is 8. The van der Waals surface area contributed by atoms with Gasteiger partial charge < -0.3 is 14.4 Å². The SMILES string of the molecule is CCCCc1c(-c2ccc(F)cc2F)ncn1CCc1ccccc1OC.O=C(O)C(F)(F)F. The highest BCUT2D eigenvalue weighted by molar-refractivity contribution is 5.73. The number of aromatic nitrogens is 2. The maximum atomic E-state index is 14.3. The van der Waals surface area contributed by atoms with Gasteiger partial charge in [0.05, 0.1) is 19.1 Å². The number of carboxylic acids is 1. The minimum absolute atomic E-state index is 0.346. The van der Waals surface area contributed by atoms with Crippen LogP contribution in [0.4, 0.5) is 22.0 Å². The molecule has 0 aliphatic carbocycles. The Kier molecular flexibility index (Phi) is 9.58. The number of carbonyl (C=O) groups is 1. The van der Waals surface area contributed by atoms with Crippen molar-refractivity contribution in [2.24, 2.45) is 0 Å². The molecular formula is C24H25F5N2O3. The van der Waals surface area contributed by atoms with Gasteiger partial charge in [0.15, 0.2) is 0 Å². The lowest BCUT2D eigenvalue weighted by Gasteiger charge is -2.12. The summed E-state index contributed by atoms with van der Waals surface area (Å²) in [6.07, 6.45) is 0.261. The molecule has 0 aliphatic heterocycles. The Morgan fingerprint density at radius 3 is 2.38 bits per heavy atom. The van der Waals surface area contributed by atoms with Gasteiger partial charge in [0.2, 0.25) is 0 Å². The molecule has 0 aliphatic rings.